The van der Waals surface area contributed by atoms with Crippen LogP contribution >= 0.6 is 0 Å². The molecule has 0 radical (unpaired) electrons. The van der Waals surface area contributed by atoms with Gasteiger partial charge in [0.2, 0.25) is 0 Å². The van der Waals surface area contributed by atoms with Crippen LogP contribution in [-0.4, -0.2) is 47.7 Å². The predicted octanol–water partition coefficient (Wildman–Crippen LogP) is 4.46. The van der Waals surface area contributed by atoms with E-state index in [9.17, 15) is 0 Å². The second-order valence-corrected chi connectivity index (χ2v) is 9.24. The highest BCUT2D eigenvalue weighted by molar-refractivity contribution is 5.62. The number of hydrogen-bond acceptors (Lipinski definition) is 6. The van der Waals surface area contributed by atoms with Gasteiger partial charge in [0.15, 0.2) is 0 Å². The number of unbranched alkanes of at least 4 members (excludes halogenated alkanes) is 1. The van der Waals surface area contributed by atoms with Gasteiger partial charge in [-0.3, -0.25) is 4.90 Å². The first kappa shape index (κ1) is 22.6. The third kappa shape index (κ3) is 5.80. The molecule has 0 atom stereocenters. The highest BCUT2D eigenvalue weighted by Crippen LogP contribution is 2.33. The Balaban J connectivity index is 1.33. The van der Waals surface area contributed by atoms with Gasteiger partial charge in [-0.25, -0.2) is 0 Å². The van der Waals surface area contributed by atoms with Crippen LogP contribution in [0.1, 0.15) is 50.2 Å². The van der Waals surface area contributed by atoms with Gasteiger partial charge in [0.1, 0.15) is 11.6 Å². The Labute approximate surface area is 192 Å². The maximum atomic E-state index is 6.28. The van der Waals surface area contributed by atoms with E-state index in [4.69, 9.17) is 15.5 Å². The standard InChI is InChI=1S/C26H37N5O/c1-3-4-16-32-26-28-24(27)23-17-20(2)18-31(25(23)29-26)15-12-21-10-13-30(14-11-21)19-22-8-6-5-7-9-22/h5-9,21H,2-4,10-19H2,1H3,(H2,27,28,29). The summed E-state index contributed by atoms with van der Waals surface area (Å²) in [4.78, 5) is 14.1. The number of nitrogens with two attached hydrogens (primary N) is 1. The molecule has 6 heteroatoms. The second kappa shape index (κ2) is 10.8. The fraction of sp³-hybridized carbons (Fsp3) is 0.538. The molecule has 3 heterocycles. The van der Waals surface area contributed by atoms with E-state index in [2.05, 4.69) is 58.6 Å². The molecule has 2 aliphatic rings. The summed E-state index contributed by atoms with van der Waals surface area (Å²) in [5.74, 6) is 2.22. The minimum absolute atomic E-state index is 0.404. The molecule has 2 N–H and O–H groups in total. The zero-order valence-electron chi connectivity index (χ0n) is 19.4. The average molecular weight is 436 g/mol. The molecule has 2 aliphatic heterocycles. The molecule has 1 aromatic carbocycles. The molecule has 0 saturated carbocycles. The van der Waals surface area contributed by atoms with E-state index in [1.165, 1.54) is 43.5 Å². The number of piperidine rings is 1. The van der Waals surface area contributed by atoms with Gasteiger partial charge in [-0.05, 0) is 50.3 Å². The minimum atomic E-state index is 0.404. The van der Waals surface area contributed by atoms with Crippen molar-refractivity contribution in [1.82, 2.24) is 14.9 Å². The van der Waals surface area contributed by atoms with Crippen molar-refractivity contribution in [2.75, 3.05) is 43.4 Å². The summed E-state index contributed by atoms with van der Waals surface area (Å²) < 4.78 is 5.77. The number of hydrogen-bond donors (Lipinski definition) is 1. The molecular formula is C26H37N5O. The molecule has 0 bridgehead atoms. The van der Waals surface area contributed by atoms with Crippen molar-refractivity contribution in [2.24, 2.45) is 5.92 Å². The third-order valence-corrected chi connectivity index (χ3v) is 6.63. The highest BCUT2D eigenvalue weighted by Gasteiger charge is 2.26. The number of ether oxygens (including phenoxy) is 1. The van der Waals surface area contributed by atoms with E-state index in [0.29, 0.717) is 18.4 Å². The number of nitrogen functional groups attached to an aromatic ring is 1. The Hall–Kier alpha value is -2.60. The lowest BCUT2D eigenvalue weighted by Crippen LogP contribution is -2.37. The van der Waals surface area contributed by atoms with Crippen molar-refractivity contribution in [3.63, 3.8) is 0 Å². The van der Waals surface area contributed by atoms with Crippen molar-refractivity contribution in [3.05, 3.63) is 53.6 Å². The number of aromatic nitrogens is 2. The lowest BCUT2D eigenvalue weighted by molar-refractivity contribution is 0.173. The van der Waals surface area contributed by atoms with Gasteiger partial charge in [0.25, 0.3) is 0 Å². The first-order valence-electron chi connectivity index (χ1n) is 12.1. The number of benzene rings is 1. The summed E-state index contributed by atoms with van der Waals surface area (Å²) in [6.07, 6.45) is 6.50. The van der Waals surface area contributed by atoms with Crippen LogP contribution in [0.2, 0.25) is 0 Å². The van der Waals surface area contributed by atoms with E-state index in [-0.39, 0.29) is 0 Å². The molecule has 0 amide bonds. The molecular weight excluding hydrogens is 398 g/mol. The van der Waals surface area contributed by atoms with Crippen LogP contribution < -0.4 is 15.4 Å². The fourth-order valence-corrected chi connectivity index (χ4v) is 4.72. The van der Waals surface area contributed by atoms with E-state index in [0.717, 1.165) is 56.2 Å². The Bertz CT molecular complexity index is 893. The monoisotopic (exact) mass is 435 g/mol. The first-order chi connectivity index (χ1) is 15.6. The first-order valence-corrected chi connectivity index (χ1v) is 12.1. The molecule has 1 saturated heterocycles. The smallest absolute Gasteiger partial charge is 0.320 e. The number of likely N-dealkylation sites (tertiary alicyclic amines) is 1. The predicted molar refractivity (Wildman–Crippen MR) is 131 cm³/mol. The molecule has 0 spiro atoms. The summed E-state index contributed by atoms with van der Waals surface area (Å²) in [6.45, 7) is 12.2. The van der Waals surface area contributed by atoms with Crippen LogP contribution in [0, 0.1) is 5.92 Å². The van der Waals surface area contributed by atoms with Crippen LogP contribution in [0.15, 0.2) is 42.5 Å². The maximum absolute atomic E-state index is 6.28. The molecule has 0 unspecified atom stereocenters. The number of fused-ring (bicyclic) bond motifs is 1. The van der Waals surface area contributed by atoms with Gasteiger partial charge in [-0.1, -0.05) is 55.8 Å². The normalized spacial score (nSPS) is 17.4. The van der Waals surface area contributed by atoms with E-state index in [1.54, 1.807) is 0 Å². The summed E-state index contributed by atoms with van der Waals surface area (Å²) in [7, 11) is 0. The molecule has 1 fully saturated rings. The summed E-state index contributed by atoms with van der Waals surface area (Å²) in [5.41, 5.74) is 9.86. The van der Waals surface area contributed by atoms with Gasteiger partial charge in [-0.2, -0.15) is 9.97 Å². The van der Waals surface area contributed by atoms with Crippen LogP contribution in [0.25, 0.3) is 0 Å². The van der Waals surface area contributed by atoms with Crippen LogP contribution in [0.5, 0.6) is 6.01 Å². The number of nitrogens with zero attached hydrogens (tertiary/aromatic N) is 4. The second-order valence-electron chi connectivity index (χ2n) is 9.24. The molecule has 172 valence electrons. The molecule has 1 aromatic heterocycles. The van der Waals surface area contributed by atoms with Crippen LogP contribution in [0.3, 0.4) is 0 Å². The van der Waals surface area contributed by atoms with Gasteiger partial charge < -0.3 is 15.4 Å². The Morgan fingerprint density at radius 1 is 1.16 bits per heavy atom. The zero-order valence-corrected chi connectivity index (χ0v) is 19.4. The van der Waals surface area contributed by atoms with Gasteiger partial charge in [0, 0.05) is 31.6 Å². The third-order valence-electron chi connectivity index (χ3n) is 6.63. The van der Waals surface area contributed by atoms with Gasteiger partial charge in [0.05, 0.1) is 6.61 Å². The van der Waals surface area contributed by atoms with Crippen LogP contribution in [0.4, 0.5) is 11.6 Å². The van der Waals surface area contributed by atoms with Crippen molar-refractivity contribution in [3.8, 4) is 6.01 Å². The largest absolute Gasteiger partial charge is 0.463 e. The van der Waals surface area contributed by atoms with Crippen molar-refractivity contribution in [1.29, 1.82) is 0 Å². The van der Waals surface area contributed by atoms with E-state index < -0.39 is 0 Å². The Morgan fingerprint density at radius 2 is 1.94 bits per heavy atom. The Morgan fingerprint density at radius 3 is 2.69 bits per heavy atom. The average Bonchev–Trinajstić information content (AvgIpc) is 2.80. The number of anilines is 2. The van der Waals surface area contributed by atoms with Crippen molar-refractivity contribution in [2.45, 2.75) is 52.0 Å². The summed E-state index contributed by atoms with van der Waals surface area (Å²) in [5, 5.41) is 0. The van der Waals surface area contributed by atoms with Gasteiger partial charge >= 0.3 is 6.01 Å². The quantitative estimate of drug-likeness (QED) is 0.463. The Kier molecular flexibility index (Phi) is 7.63. The van der Waals surface area contributed by atoms with Gasteiger partial charge in [-0.15, -0.1) is 0 Å². The lowest BCUT2D eigenvalue weighted by atomic mass is 9.92. The topological polar surface area (TPSA) is 67.5 Å². The van der Waals surface area contributed by atoms with Crippen LogP contribution in [-0.2, 0) is 13.0 Å². The SMILES string of the molecule is C=C1Cc2c(N)nc(OCCCC)nc2N(CCC2CCN(Cc3ccccc3)CC2)C1. The molecule has 4 rings (SSSR count). The minimum Gasteiger partial charge on any atom is -0.463 e. The van der Waals surface area contributed by atoms with Crippen molar-refractivity contribution >= 4 is 11.6 Å². The fourth-order valence-electron chi connectivity index (χ4n) is 4.72. The molecule has 2 aromatic rings. The molecule has 0 aliphatic carbocycles. The lowest BCUT2D eigenvalue weighted by Gasteiger charge is -2.35. The summed E-state index contributed by atoms with van der Waals surface area (Å²) >= 11 is 0. The number of rotatable bonds is 9. The summed E-state index contributed by atoms with van der Waals surface area (Å²) in [6, 6.07) is 11.2. The van der Waals surface area contributed by atoms with E-state index >= 15 is 0 Å². The zero-order chi connectivity index (χ0) is 22.3. The van der Waals surface area contributed by atoms with Crippen molar-refractivity contribution < 1.29 is 4.74 Å². The maximum Gasteiger partial charge on any atom is 0.320 e. The molecule has 32 heavy (non-hydrogen) atoms. The van der Waals surface area contributed by atoms with E-state index in [1.807, 2.05) is 0 Å². The molecule has 6 nitrogen and oxygen atoms in total. The highest BCUT2D eigenvalue weighted by atomic mass is 16.5.